The first-order valence-corrected chi connectivity index (χ1v) is 12.0. The van der Waals surface area contributed by atoms with Crippen LogP contribution in [0.25, 0.3) is 0 Å². The summed E-state index contributed by atoms with van der Waals surface area (Å²) in [5.74, 6) is 2.15. The molecule has 2 heterocycles. The maximum atomic E-state index is 11.5. The Kier molecular flexibility index (Phi) is 8.25. The lowest BCUT2D eigenvalue weighted by atomic mass is 9.93. The predicted molar refractivity (Wildman–Crippen MR) is 133 cm³/mol. The van der Waals surface area contributed by atoms with Crippen LogP contribution in [0.3, 0.4) is 0 Å². The van der Waals surface area contributed by atoms with E-state index in [-0.39, 0.29) is 11.7 Å². The summed E-state index contributed by atoms with van der Waals surface area (Å²) in [6.07, 6.45) is 4.69. The lowest BCUT2D eigenvalue weighted by Crippen LogP contribution is -2.38. The highest BCUT2D eigenvalue weighted by Crippen LogP contribution is 2.34. The minimum Gasteiger partial charge on any atom is -0.497 e. The van der Waals surface area contributed by atoms with Gasteiger partial charge in [0.25, 0.3) is 0 Å². The van der Waals surface area contributed by atoms with Crippen molar-refractivity contribution in [3.8, 4) is 5.75 Å². The van der Waals surface area contributed by atoms with Crippen LogP contribution in [0.1, 0.15) is 26.2 Å². The number of nitrogens with zero attached hydrogens (tertiary/aromatic N) is 4. The number of nitrogens with two attached hydrogens (primary N) is 2. The maximum absolute atomic E-state index is 11.5. The van der Waals surface area contributed by atoms with Crippen molar-refractivity contribution in [1.29, 1.82) is 0 Å². The number of carbonyl (C=O) groups excluding carboxylic acids is 1. The van der Waals surface area contributed by atoms with Gasteiger partial charge in [-0.05, 0) is 77.3 Å². The summed E-state index contributed by atoms with van der Waals surface area (Å²) in [6.45, 7) is 7.93. The van der Waals surface area contributed by atoms with Crippen molar-refractivity contribution in [2.24, 2.45) is 27.4 Å². The Hall–Kier alpha value is -2.46. The number of amidine groups is 2. The fraction of sp³-hybridized carbons (Fsp3) is 0.409. The topological polar surface area (TPSA) is 110 Å². The number of amides is 1. The zero-order valence-electron chi connectivity index (χ0n) is 18.4. The van der Waals surface area contributed by atoms with Crippen molar-refractivity contribution in [3.05, 3.63) is 47.0 Å². The third kappa shape index (κ3) is 5.86. The van der Waals surface area contributed by atoms with E-state index in [9.17, 15) is 4.79 Å². The molecular weight excluding hydrogens is 492 g/mol. The summed E-state index contributed by atoms with van der Waals surface area (Å²) in [6, 6.07) is 5.71. The van der Waals surface area contributed by atoms with Gasteiger partial charge in [-0.2, -0.15) is 0 Å². The third-order valence-electron chi connectivity index (χ3n) is 5.56. The first-order valence-electron chi connectivity index (χ1n) is 10.4. The molecule has 172 valence electrons. The molecule has 0 aromatic heterocycles. The quantitative estimate of drug-likeness (QED) is 0.593. The van der Waals surface area contributed by atoms with E-state index in [4.69, 9.17) is 21.2 Å². The molecule has 10 heteroatoms. The van der Waals surface area contributed by atoms with Gasteiger partial charge in [-0.1, -0.05) is 6.58 Å². The number of rotatable bonds is 6. The first kappa shape index (κ1) is 24.2. The highest BCUT2D eigenvalue weighted by atomic mass is 79.9. The molecule has 0 aliphatic carbocycles. The Labute approximate surface area is 201 Å². The van der Waals surface area contributed by atoms with E-state index in [0.717, 1.165) is 54.0 Å². The molecule has 1 aromatic carbocycles. The third-order valence-corrected chi connectivity index (χ3v) is 7.44. The molecule has 2 aliphatic rings. The average Bonchev–Trinajstić information content (AvgIpc) is 3.20. The van der Waals surface area contributed by atoms with Gasteiger partial charge in [-0.3, -0.25) is 4.79 Å². The molecule has 8 nitrogen and oxygen atoms in total. The fourth-order valence-corrected chi connectivity index (χ4v) is 4.98. The van der Waals surface area contributed by atoms with Crippen molar-refractivity contribution in [2.75, 3.05) is 26.7 Å². The van der Waals surface area contributed by atoms with E-state index < -0.39 is 0 Å². The summed E-state index contributed by atoms with van der Waals surface area (Å²) in [7, 11) is 1.63. The highest BCUT2D eigenvalue weighted by Gasteiger charge is 2.26. The van der Waals surface area contributed by atoms with Crippen molar-refractivity contribution in [3.63, 3.8) is 0 Å². The Morgan fingerprint density at radius 1 is 1.38 bits per heavy atom. The number of benzene rings is 1. The molecule has 2 aliphatic heterocycles. The van der Waals surface area contributed by atoms with Gasteiger partial charge in [-0.15, -0.1) is 0 Å². The SMILES string of the molecule is C=CN(CCC1CCN(C(C)=O)CC1)C1=NC(Sc2cc(OC)ccc2Br)=NC1=C(N)N. The van der Waals surface area contributed by atoms with Gasteiger partial charge >= 0.3 is 0 Å². The number of hydrogen-bond donors (Lipinski definition) is 2. The standard InChI is InChI=1S/C22H29BrN6O2S/c1-4-28(10-7-15-8-11-29(12-9-15)14(2)30)21-19(20(24)25)26-22(27-21)32-18-13-16(31-3)5-6-17(18)23/h4-6,13,15H,1,7-12,24-25H2,2-3H3. The molecule has 0 saturated carbocycles. The number of thioether (sulfide) groups is 1. The number of likely N-dealkylation sites (tertiary alicyclic amines) is 1. The molecular formula is C22H29BrN6O2S. The summed E-state index contributed by atoms with van der Waals surface area (Å²) >= 11 is 4.96. The van der Waals surface area contributed by atoms with Gasteiger partial charge in [0.1, 0.15) is 17.3 Å². The second-order valence-corrected chi connectivity index (χ2v) is 9.51. The van der Waals surface area contributed by atoms with Gasteiger partial charge < -0.3 is 26.0 Å². The second-order valence-electron chi connectivity index (χ2n) is 7.65. The fourth-order valence-electron chi connectivity index (χ4n) is 3.68. The van der Waals surface area contributed by atoms with Crippen molar-refractivity contribution in [1.82, 2.24) is 9.80 Å². The van der Waals surface area contributed by atoms with E-state index >= 15 is 0 Å². The average molecular weight is 521 g/mol. The van der Waals surface area contributed by atoms with E-state index in [2.05, 4.69) is 27.5 Å². The van der Waals surface area contributed by atoms with Crippen LogP contribution in [0.4, 0.5) is 0 Å². The predicted octanol–water partition coefficient (Wildman–Crippen LogP) is 3.50. The monoisotopic (exact) mass is 520 g/mol. The van der Waals surface area contributed by atoms with Gasteiger partial charge in [-0.25, -0.2) is 9.98 Å². The number of carbonyl (C=O) groups is 1. The summed E-state index contributed by atoms with van der Waals surface area (Å²) in [5, 5.41) is 0.541. The zero-order valence-corrected chi connectivity index (χ0v) is 20.8. The van der Waals surface area contributed by atoms with E-state index in [1.54, 1.807) is 20.2 Å². The largest absolute Gasteiger partial charge is 0.497 e. The van der Waals surface area contributed by atoms with Crippen LogP contribution >= 0.6 is 27.7 Å². The molecule has 32 heavy (non-hydrogen) atoms. The molecule has 0 atom stereocenters. The van der Waals surface area contributed by atoms with Crippen LogP contribution in [0.15, 0.2) is 61.8 Å². The van der Waals surface area contributed by atoms with Crippen LogP contribution in [0.5, 0.6) is 5.75 Å². The van der Waals surface area contributed by atoms with Gasteiger partial charge in [0.2, 0.25) is 5.91 Å². The number of halogens is 1. The summed E-state index contributed by atoms with van der Waals surface area (Å²) < 4.78 is 6.23. The molecule has 1 aromatic rings. The Morgan fingerprint density at radius 2 is 2.09 bits per heavy atom. The van der Waals surface area contributed by atoms with Crippen LogP contribution in [-0.2, 0) is 4.79 Å². The van der Waals surface area contributed by atoms with Gasteiger partial charge in [0, 0.05) is 35.9 Å². The lowest BCUT2D eigenvalue weighted by molar-refractivity contribution is -0.130. The molecule has 0 unspecified atom stereocenters. The molecule has 0 spiro atoms. The number of piperidine rings is 1. The lowest BCUT2D eigenvalue weighted by Gasteiger charge is -2.32. The molecule has 3 rings (SSSR count). The maximum Gasteiger partial charge on any atom is 0.219 e. The smallest absolute Gasteiger partial charge is 0.219 e. The summed E-state index contributed by atoms with van der Waals surface area (Å²) in [5.41, 5.74) is 12.3. The van der Waals surface area contributed by atoms with E-state index in [1.165, 1.54) is 11.8 Å². The number of methoxy groups -OCH3 is 1. The van der Waals surface area contributed by atoms with Crippen molar-refractivity contribution >= 4 is 44.6 Å². The Balaban J connectivity index is 1.70. The van der Waals surface area contributed by atoms with Crippen LogP contribution < -0.4 is 16.2 Å². The Bertz CT molecular complexity index is 965. The first-order chi connectivity index (χ1) is 15.3. The van der Waals surface area contributed by atoms with Gasteiger partial charge in [0.05, 0.1) is 7.11 Å². The highest BCUT2D eigenvalue weighted by molar-refractivity contribution is 9.10. The number of hydrogen-bond acceptors (Lipinski definition) is 8. The van der Waals surface area contributed by atoms with Crippen LogP contribution in [0, 0.1) is 5.92 Å². The molecule has 1 fully saturated rings. The zero-order chi connectivity index (χ0) is 23.3. The normalized spacial score (nSPS) is 16.5. The van der Waals surface area contributed by atoms with Crippen molar-refractivity contribution in [2.45, 2.75) is 31.1 Å². The number of aliphatic imine (C=N–C) groups is 2. The molecule has 1 saturated heterocycles. The molecule has 0 radical (unpaired) electrons. The minimum absolute atomic E-state index is 0.116. The molecule has 4 N–H and O–H groups in total. The number of ether oxygens (including phenoxy) is 1. The van der Waals surface area contributed by atoms with Crippen LogP contribution in [0.2, 0.25) is 0 Å². The van der Waals surface area contributed by atoms with E-state index in [0.29, 0.717) is 22.6 Å². The molecule has 1 amide bonds. The summed E-state index contributed by atoms with van der Waals surface area (Å²) in [4.78, 5) is 25.6. The van der Waals surface area contributed by atoms with Gasteiger partial charge in [0.15, 0.2) is 11.0 Å². The Morgan fingerprint density at radius 3 is 2.69 bits per heavy atom. The second kappa shape index (κ2) is 10.9. The van der Waals surface area contributed by atoms with Crippen molar-refractivity contribution < 1.29 is 9.53 Å². The minimum atomic E-state index is 0.116. The van der Waals surface area contributed by atoms with Crippen LogP contribution in [-0.4, -0.2) is 53.5 Å². The molecule has 0 bridgehead atoms. The van der Waals surface area contributed by atoms with E-state index in [1.807, 2.05) is 28.0 Å².